The van der Waals surface area contributed by atoms with Gasteiger partial charge in [0.15, 0.2) is 0 Å². The van der Waals surface area contributed by atoms with Crippen LogP contribution in [0.5, 0.6) is 0 Å². The maximum absolute atomic E-state index is 15.1. The monoisotopic (exact) mass is 680 g/mol. The van der Waals surface area contributed by atoms with Crippen molar-refractivity contribution in [2.45, 2.75) is 18.9 Å². The van der Waals surface area contributed by atoms with Crippen molar-refractivity contribution in [2.24, 2.45) is 0 Å². The van der Waals surface area contributed by atoms with Crippen LogP contribution in [0, 0.1) is 0 Å². The summed E-state index contributed by atoms with van der Waals surface area (Å²) in [5, 5.41) is 7.47. The molecule has 8 rings (SSSR count). The predicted molar refractivity (Wildman–Crippen MR) is 195 cm³/mol. The van der Waals surface area contributed by atoms with Gasteiger partial charge in [-0.15, -0.1) is 0 Å². The van der Waals surface area contributed by atoms with Crippen LogP contribution in [0.25, 0.3) is 33.7 Å². The van der Waals surface area contributed by atoms with E-state index in [4.69, 9.17) is 6.64 Å². The quantitative estimate of drug-likeness (QED) is 0.165. The fourth-order valence-corrected chi connectivity index (χ4v) is 24.6. The molecule has 2 unspecified atom stereocenters. The Hall–Kier alpha value is -4.81. The molecule has 2 aliphatic carbocycles. The van der Waals surface area contributed by atoms with Crippen LogP contribution in [0.2, 0.25) is 10.5 Å². The van der Waals surface area contributed by atoms with E-state index in [2.05, 4.69) is 48.6 Å². The Balaban J connectivity index is 1.46. The summed E-state index contributed by atoms with van der Waals surface area (Å²) in [7, 11) is 1.66. The van der Waals surface area contributed by atoms with E-state index in [1.165, 1.54) is 0 Å². The van der Waals surface area contributed by atoms with Gasteiger partial charge in [-0.1, -0.05) is 0 Å². The molecule has 0 N–H and O–H groups in total. The van der Waals surface area contributed by atoms with E-state index in [0.29, 0.717) is 11.1 Å². The van der Waals surface area contributed by atoms with E-state index in [1.54, 1.807) is 19.8 Å². The summed E-state index contributed by atoms with van der Waals surface area (Å²) in [6.07, 6.45) is 8.36. The predicted octanol–water partition coefficient (Wildman–Crippen LogP) is 9.78. The molecule has 0 bridgehead atoms. The number of allylic oxidation sites excluding steroid dienone is 2. The summed E-state index contributed by atoms with van der Waals surface area (Å²) in [5.74, 6) is -1.02. The number of hydrogen-bond acceptors (Lipinski definition) is 4. The molecule has 0 aliphatic heterocycles. The van der Waals surface area contributed by atoms with Crippen LogP contribution in [-0.2, 0) is 18.9 Å². The molecule has 0 fully saturated rings. The van der Waals surface area contributed by atoms with Crippen molar-refractivity contribution in [1.29, 1.82) is 0 Å². The Morgan fingerprint density at radius 3 is 1.35 bits per heavy atom. The van der Waals surface area contributed by atoms with E-state index < -0.39 is 32.6 Å². The molecule has 236 valence electrons. The summed E-state index contributed by atoms with van der Waals surface area (Å²) in [6, 6.07) is 43.2. The average Bonchev–Trinajstić information content (AvgIpc) is 3.75. The fraction of sp³-hybridized carbons (Fsp3) is 0.0952. The zero-order valence-corrected chi connectivity index (χ0v) is 30.0. The van der Waals surface area contributed by atoms with Gasteiger partial charge in [0.2, 0.25) is 0 Å². The van der Waals surface area contributed by atoms with Gasteiger partial charge in [0, 0.05) is 0 Å². The van der Waals surface area contributed by atoms with Crippen molar-refractivity contribution >= 4 is 53.3 Å². The molecule has 48 heavy (non-hydrogen) atoms. The molecule has 6 heteroatoms. The Bertz CT molecular complexity index is 2390. The molecule has 2 aliphatic rings. The van der Waals surface area contributed by atoms with E-state index in [1.807, 2.05) is 108 Å². The van der Waals surface area contributed by atoms with Gasteiger partial charge < -0.3 is 0 Å². The molecule has 0 saturated heterocycles. The topological polar surface area (TPSA) is 52.6 Å². The summed E-state index contributed by atoms with van der Waals surface area (Å²) in [6.45, 7) is 0. The Morgan fingerprint density at radius 1 is 0.521 bits per heavy atom. The Kier molecular flexibility index (Phi) is 6.13. The summed E-state index contributed by atoms with van der Waals surface area (Å²) < 4.78 is 13.9. The molecule has 0 saturated carbocycles. The number of carbonyl (C=O) groups is 2. The molecule has 4 nitrogen and oxygen atoms in total. The molecular formula is C42H36O4SiTi. The van der Waals surface area contributed by atoms with E-state index in [0.717, 1.165) is 43.8 Å². The second-order valence-electron chi connectivity index (χ2n) is 15.4. The van der Waals surface area contributed by atoms with Gasteiger partial charge in [0.25, 0.3) is 0 Å². The first kappa shape index (κ1) is 30.5. The molecule has 0 spiro atoms. The van der Waals surface area contributed by atoms with Crippen LogP contribution in [0.4, 0.5) is 0 Å². The number of carbonyl (C=O) groups excluding carboxylic acids is 2. The number of fused-ring (bicyclic) bond motifs is 4. The van der Waals surface area contributed by atoms with Crippen molar-refractivity contribution in [3.05, 3.63) is 179 Å². The summed E-state index contributed by atoms with van der Waals surface area (Å²) >= 11 is -6.86. The summed E-state index contributed by atoms with van der Waals surface area (Å²) in [5.41, 5.74) is 4.84. The van der Waals surface area contributed by atoms with Gasteiger partial charge in [0.1, 0.15) is 0 Å². The van der Waals surface area contributed by atoms with Crippen molar-refractivity contribution in [3.8, 4) is 0 Å². The third-order valence-electron chi connectivity index (χ3n) is 11.2. The van der Waals surface area contributed by atoms with E-state index in [-0.39, 0.29) is 0 Å². The average molecular weight is 681 g/mol. The first-order valence-corrected chi connectivity index (χ1v) is 26.7. The molecule has 6 aromatic rings. The van der Waals surface area contributed by atoms with Crippen LogP contribution in [-0.4, -0.2) is 19.6 Å². The van der Waals surface area contributed by atoms with Crippen LogP contribution < -0.4 is 0 Å². The van der Waals surface area contributed by atoms with Gasteiger partial charge >= 0.3 is 280 Å². The van der Waals surface area contributed by atoms with Gasteiger partial charge in [-0.25, -0.2) is 0 Å². The Morgan fingerprint density at radius 2 is 0.896 bits per heavy atom. The Labute approximate surface area is 278 Å². The second-order valence-corrected chi connectivity index (χ2v) is 43.9. The number of benzene rings is 6. The zero-order chi connectivity index (χ0) is 33.3. The second kappa shape index (κ2) is 9.64. The van der Waals surface area contributed by atoms with Crippen LogP contribution in [0.1, 0.15) is 51.4 Å². The SMILES string of the molecule is [CH3][Ti]([CH3])(=[SiH2])([O]C(=O)c1cccc2ccccc12)([O]C(=O)c1cccc2ccccc12)([CH]1C=Cc2ccccc21)[CH]1C=Cc2ccccc21. The van der Waals surface area contributed by atoms with Gasteiger partial charge in [0.05, 0.1) is 0 Å². The minimum absolute atomic E-state index is 0.431. The zero-order valence-electron chi connectivity index (χ0n) is 27.0. The molecule has 0 heterocycles. The van der Waals surface area contributed by atoms with Gasteiger partial charge in [-0.3, -0.25) is 0 Å². The van der Waals surface area contributed by atoms with Crippen LogP contribution >= 0.6 is 0 Å². The van der Waals surface area contributed by atoms with Crippen molar-refractivity contribution in [3.63, 3.8) is 0 Å². The summed E-state index contributed by atoms with van der Waals surface area (Å²) in [4.78, 5) is 30.3. The fourth-order valence-electron chi connectivity index (χ4n) is 8.74. The number of hydrogen-bond donors (Lipinski definition) is 0. The first-order valence-electron chi connectivity index (χ1n) is 16.4. The third-order valence-corrected chi connectivity index (χ3v) is 28.9. The maximum atomic E-state index is 15.1. The van der Waals surface area contributed by atoms with Gasteiger partial charge in [-0.2, -0.15) is 0 Å². The van der Waals surface area contributed by atoms with Crippen LogP contribution in [0.3, 0.4) is 0 Å². The normalized spacial score (nSPS) is 18.7. The van der Waals surface area contributed by atoms with Crippen LogP contribution in [0.15, 0.2) is 146 Å². The van der Waals surface area contributed by atoms with Crippen molar-refractivity contribution in [2.75, 3.05) is 0 Å². The van der Waals surface area contributed by atoms with E-state index in [9.17, 15) is 0 Å². The van der Waals surface area contributed by atoms with Gasteiger partial charge in [-0.05, 0) is 0 Å². The molecule has 0 amide bonds. The molecule has 0 aromatic heterocycles. The molecular weight excluding hydrogens is 644 g/mol. The minimum atomic E-state index is -6.86. The van der Waals surface area contributed by atoms with Crippen molar-refractivity contribution in [1.82, 2.24) is 0 Å². The molecule has 2 atom stereocenters. The molecule has 6 aromatic carbocycles. The van der Waals surface area contributed by atoms with Crippen molar-refractivity contribution < 1.29 is 28.5 Å². The van der Waals surface area contributed by atoms with E-state index >= 15 is 9.59 Å². The molecule has 0 radical (unpaired) electrons. The third kappa shape index (κ3) is 4.25. The number of rotatable bonds is 6. The standard InChI is InChI=1S/2C11H8O2.2C9H7.2CH3.H2Si.Ti/c2*12-11(13)10-7-3-5-8-4-1-2-6-9(8)10;2*1-2-5-9-7-3-6-8(9)4-1;;;;/h2*1-7H,(H,12,13);2*1-7H;2*1H3;1H2;/q;;;;;;;+2/p-2. The first-order chi connectivity index (χ1) is 22.9.